The second-order valence-electron chi connectivity index (χ2n) is 3.34. The average molecular weight is 317 g/mol. The molecular weight excluding hydrogens is 300 g/mol. The normalized spacial score (nSPS) is 10.8. The van der Waals surface area contributed by atoms with E-state index in [1.54, 1.807) is 0 Å². The van der Waals surface area contributed by atoms with Crippen molar-refractivity contribution >= 4 is 34.5 Å². The molecule has 0 spiro atoms. The number of esters is 1. The highest BCUT2D eigenvalue weighted by atomic mass is 79.9. The monoisotopic (exact) mass is 316 g/mol. The lowest BCUT2D eigenvalue weighted by molar-refractivity contribution is -0.142. The highest BCUT2D eigenvalue weighted by Crippen LogP contribution is 2.12. The fraction of sp³-hybridized carbons (Fsp3) is 0.308. The van der Waals surface area contributed by atoms with Gasteiger partial charge < -0.3 is 4.74 Å². The van der Waals surface area contributed by atoms with Gasteiger partial charge in [-0.1, -0.05) is 29.4 Å². The van der Waals surface area contributed by atoms with Crippen molar-refractivity contribution in [2.24, 2.45) is 0 Å². The third-order valence-corrected chi connectivity index (χ3v) is 2.71. The van der Waals surface area contributed by atoms with E-state index in [1.807, 2.05) is 38.1 Å². The van der Waals surface area contributed by atoms with Crippen molar-refractivity contribution < 1.29 is 9.53 Å². The predicted molar refractivity (Wildman–Crippen MR) is 77.4 cm³/mol. The van der Waals surface area contributed by atoms with Crippen LogP contribution in [0.15, 0.2) is 46.3 Å². The molecule has 1 aromatic carbocycles. The number of hydrogen-bond donors (Lipinski definition) is 1. The summed E-state index contributed by atoms with van der Waals surface area (Å²) in [5.74, 6) is -0.343. The van der Waals surface area contributed by atoms with Crippen molar-refractivity contribution in [3.63, 3.8) is 0 Å². The lowest BCUT2D eigenvalue weighted by Gasteiger charge is -2.07. The third kappa shape index (κ3) is 9.01. The van der Waals surface area contributed by atoms with E-state index in [9.17, 15) is 4.79 Å². The lowest BCUT2D eigenvalue weighted by atomic mass is 10.3. The van der Waals surface area contributed by atoms with E-state index in [1.165, 1.54) is 6.08 Å². The Labute approximate surface area is 117 Å². The van der Waals surface area contributed by atoms with Crippen LogP contribution < -0.4 is 0 Å². The number of thiol groups is 1. The summed E-state index contributed by atoms with van der Waals surface area (Å²) in [5.41, 5.74) is 0. The van der Waals surface area contributed by atoms with Gasteiger partial charge >= 0.3 is 5.97 Å². The number of rotatable bonds is 3. The molecule has 1 unspecified atom stereocenters. The van der Waals surface area contributed by atoms with Crippen molar-refractivity contribution in [1.82, 2.24) is 0 Å². The Bertz CT molecular complexity index is 328. The number of carbonyl (C=O) groups excluding carboxylic acids is 1. The second kappa shape index (κ2) is 9.31. The second-order valence-corrected chi connectivity index (χ2v) is 4.77. The summed E-state index contributed by atoms with van der Waals surface area (Å²) in [6.45, 7) is 7.08. The van der Waals surface area contributed by atoms with Crippen LogP contribution in [0.4, 0.5) is 0 Å². The molecule has 0 heterocycles. The van der Waals surface area contributed by atoms with Gasteiger partial charge in [0.05, 0.1) is 6.10 Å². The van der Waals surface area contributed by atoms with Gasteiger partial charge in [-0.25, -0.2) is 4.79 Å². The molecule has 1 atom stereocenters. The number of hydrogen-bond acceptors (Lipinski definition) is 3. The van der Waals surface area contributed by atoms with E-state index < -0.39 is 0 Å². The maximum Gasteiger partial charge on any atom is 0.330 e. The van der Waals surface area contributed by atoms with Crippen LogP contribution in [0.2, 0.25) is 0 Å². The molecular formula is C13H17BrO2S. The summed E-state index contributed by atoms with van der Waals surface area (Å²) in [7, 11) is 0. The van der Waals surface area contributed by atoms with Crippen LogP contribution in [0.3, 0.4) is 0 Å². The van der Waals surface area contributed by atoms with Gasteiger partial charge in [0.1, 0.15) is 0 Å². The lowest BCUT2D eigenvalue weighted by Crippen LogP contribution is -2.10. The highest BCUT2D eigenvalue weighted by molar-refractivity contribution is 9.10. The average Bonchev–Trinajstić information content (AvgIpc) is 2.33. The number of carbonyl (C=O) groups is 1. The molecule has 0 radical (unpaired) electrons. The van der Waals surface area contributed by atoms with Crippen molar-refractivity contribution in [2.45, 2.75) is 31.3 Å². The first-order chi connectivity index (χ1) is 7.99. The molecule has 0 saturated heterocycles. The van der Waals surface area contributed by atoms with Crippen LogP contribution in [0, 0.1) is 0 Å². The van der Waals surface area contributed by atoms with Gasteiger partial charge in [-0.2, -0.15) is 0 Å². The Morgan fingerprint density at radius 2 is 2.06 bits per heavy atom. The van der Waals surface area contributed by atoms with Gasteiger partial charge in [0, 0.05) is 15.4 Å². The topological polar surface area (TPSA) is 26.3 Å². The Balaban J connectivity index is 0.000000302. The van der Waals surface area contributed by atoms with Crippen LogP contribution in [-0.4, -0.2) is 12.1 Å². The molecule has 0 aliphatic carbocycles. The molecule has 4 heteroatoms. The summed E-state index contributed by atoms with van der Waals surface area (Å²) in [6, 6.07) is 7.80. The van der Waals surface area contributed by atoms with Crippen molar-refractivity contribution in [2.75, 3.05) is 0 Å². The highest BCUT2D eigenvalue weighted by Gasteiger charge is 2.01. The molecule has 0 aliphatic heterocycles. The third-order valence-electron chi connectivity index (χ3n) is 1.89. The van der Waals surface area contributed by atoms with E-state index in [0.29, 0.717) is 0 Å². The summed E-state index contributed by atoms with van der Waals surface area (Å²) < 4.78 is 5.88. The Morgan fingerprint density at radius 1 is 1.53 bits per heavy atom. The van der Waals surface area contributed by atoms with E-state index in [0.717, 1.165) is 15.8 Å². The van der Waals surface area contributed by atoms with Gasteiger partial charge in [0.2, 0.25) is 0 Å². The van der Waals surface area contributed by atoms with Gasteiger partial charge in [0.25, 0.3) is 0 Å². The molecule has 0 N–H and O–H groups in total. The first-order valence-electron chi connectivity index (χ1n) is 5.27. The van der Waals surface area contributed by atoms with Crippen molar-refractivity contribution in [1.29, 1.82) is 0 Å². The Morgan fingerprint density at radius 3 is 2.41 bits per heavy atom. The van der Waals surface area contributed by atoms with Gasteiger partial charge in [0.15, 0.2) is 0 Å². The first-order valence-corrected chi connectivity index (χ1v) is 6.51. The maximum absolute atomic E-state index is 10.4. The molecule has 2 nitrogen and oxygen atoms in total. The predicted octanol–water partition coefficient (Wildman–Crippen LogP) is 4.25. The van der Waals surface area contributed by atoms with Gasteiger partial charge in [-0.3, -0.25) is 0 Å². The van der Waals surface area contributed by atoms with Crippen LogP contribution in [-0.2, 0) is 9.53 Å². The van der Waals surface area contributed by atoms with Crippen molar-refractivity contribution in [3.05, 3.63) is 41.4 Å². The van der Waals surface area contributed by atoms with Crippen LogP contribution in [0.25, 0.3) is 0 Å². The fourth-order valence-corrected chi connectivity index (χ4v) is 1.18. The number of ether oxygens (including phenoxy) is 1. The van der Waals surface area contributed by atoms with E-state index in [2.05, 4.69) is 35.1 Å². The summed E-state index contributed by atoms with van der Waals surface area (Å²) in [5, 5.41) is 0. The fourth-order valence-electron chi connectivity index (χ4n) is 0.771. The molecule has 17 heavy (non-hydrogen) atoms. The zero-order chi connectivity index (χ0) is 13.3. The zero-order valence-corrected chi connectivity index (χ0v) is 12.5. The number of benzene rings is 1. The van der Waals surface area contributed by atoms with Gasteiger partial charge in [-0.05, 0) is 37.6 Å². The van der Waals surface area contributed by atoms with Crippen LogP contribution >= 0.6 is 28.6 Å². The molecule has 94 valence electrons. The Kier molecular flexibility index (Phi) is 8.90. The van der Waals surface area contributed by atoms with Crippen LogP contribution in [0.5, 0.6) is 0 Å². The van der Waals surface area contributed by atoms with E-state index in [4.69, 9.17) is 4.74 Å². The molecule has 0 amide bonds. The molecule has 0 aromatic heterocycles. The SMILES string of the molecule is C=CC(=O)OC(C)CC.Sc1ccc(Br)cc1. The minimum atomic E-state index is -0.343. The summed E-state index contributed by atoms with van der Waals surface area (Å²) in [4.78, 5) is 11.4. The van der Waals surface area contributed by atoms with E-state index in [-0.39, 0.29) is 12.1 Å². The van der Waals surface area contributed by atoms with E-state index >= 15 is 0 Å². The molecule has 1 aromatic rings. The molecule has 0 bridgehead atoms. The van der Waals surface area contributed by atoms with Crippen LogP contribution in [0.1, 0.15) is 20.3 Å². The minimum Gasteiger partial charge on any atom is -0.460 e. The summed E-state index contributed by atoms with van der Waals surface area (Å²) in [6.07, 6.45) is 2.03. The maximum atomic E-state index is 10.4. The summed E-state index contributed by atoms with van der Waals surface area (Å²) >= 11 is 7.42. The largest absolute Gasteiger partial charge is 0.460 e. The standard InChI is InChI=1S/C7H12O2.C6H5BrS/c1-4-6(3)9-7(8)5-2;7-5-1-3-6(8)4-2-5/h5-6H,2,4H2,1,3H3;1-4,8H. The van der Waals surface area contributed by atoms with Gasteiger partial charge in [-0.15, -0.1) is 12.6 Å². The molecule has 0 fully saturated rings. The molecule has 0 aliphatic rings. The number of halogens is 1. The quantitative estimate of drug-likeness (QED) is 0.512. The molecule has 0 saturated carbocycles. The molecule has 1 rings (SSSR count). The zero-order valence-electron chi connectivity index (χ0n) is 10.0. The smallest absolute Gasteiger partial charge is 0.330 e. The Hall–Kier alpha value is -0.740. The van der Waals surface area contributed by atoms with Crippen molar-refractivity contribution in [3.8, 4) is 0 Å². The minimum absolute atomic E-state index is 0.00972. The first kappa shape index (κ1) is 16.3.